The van der Waals surface area contributed by atoms with Crippen LogP contribution in [0.3, 0.4) is 0 Å². The minimum atomic E-state index is 0.545. The SMILES string of the molecule is CNCC(C)c1cn[nH]c1. The highest BCUT2D eigenvalue weighted by Crippen LogP contribution is 2.10. The molecule has 0 saturated carbocycles. The molecule has 1 rings (SSSR count). The molecule has 1 heterocycles. The Kier molecular flexibility index (Phi) is 2.45. The van der Waals surface area contributed by atoms with Crippen molar-refractivity contribution in [2.75, 3.05) is 13.6 Å². The summed E-state index contributed by atoms with van der Waals surface area (Å²) >= 11 is 0. The molecule has 1 unspecified atom stereocenters. The fourth-order valence-electron chi connectivity index (χ4n) is 0.954. The van der Waals surface area contributed by atoms with Gasteiger partial charge in [0.05, 0.1) is 6.20 Å². The summed E-state index contributed by atoms with van der Waals surface area (Å²) in [6.45, 7) is 3.17. The largest absolute Gasteiger partial charge is 0.319 e. The van der Waals surface area contributed by atoms with Gasteiger partial charge in [0.25, 0.3) is 0 Å². The van der Waals surface area contributed by atoms with Crippen LogP contribution in [0.25, 0.3) is 0 Å². The number of rotatable bonds is 3. The third-order valence-electron chi connectivity index (χ3n) is 1.60. The monoisotopic (exact) mass is 139 g/mol. The average Bonchev–Trinajstić information content (AvgIpc) is 2.38. The number of aromatic nitrogens is 2. The van der Waals surface area contributed by atoms with Crippen LogP contribution in [0.1, 0.15) is 18.4 Å². The van der Waals surface area contributed by atoms with Gasteiger partial charge in [0.15, 0.2) is 0 Å². The lowest BCUT2D eigenvalue weighted by molar-refractivity contribution is 0.678. The van der Waals surface area contributed by atoms with Crippen molar-refractivity contribution in [3.05, 3.63) is 18.0 Å². The average molecular weight is 139 g/mol. The van der Waals surface area contributed by atoms with Crippen LogP contribution in [0.5, 0.6) is 0 Å². The molecule has 0 fully saturated rings. The molecule has 0 aliphatic carbocycles. The maximum absolute atomic E-state index is 3.87. The second-order valence-electron chi connectivity index (χ2n) is 2.49. The Bertz CT molecular complexity index is 169. The van der Waals surface area contributed by atoms with Gasteiger partial charge in [-0.25, -0.2) is 0 Å². The number of H-pyrrole nitrogens is 1. The standard InChI is InChI=1S/C7H13N3/c1-6(3-8-2)7-4-9-10-5-7/h4-6,8H,3H2,1-2H3,(H,9,10). The van der Waals surface area contributed by atoms with Gasteiger partial charge in [-0.05, 0) is 18.5 Å². The molecule has 3 heteroatoms. The fraction of sp³-hybridized carbons (Fsp3) is 0.571. The molecule has 0 saturated heterocycles. The molecule has 1 aromatic heterocycles. The second-order valence-corrected chi connectivity index (χ2v) is 2.49. The Morgan fingerprint density at radius 2 is 2.60 bits per heavy atom. The maximum Gasteiger partial charge on any atom is 0.0522 e. The number of nitrogens with zero attached hydrogens (tertiary/aromatic N) is 1. The fourth-order valence-corrected chi connectivity index (χ4v) is 0.954. The number of likely N-dealkylation sites (N-methyl/N-ethyl adjacent to an activating group) is 1. The predicted octanol–water partition coefficient (Wildman–Crippen LogP) is 0.733. The predicted molar refractivity (Wildman–Crippen MR) is 40.9 cm³/mol. The quantitative estimate of drug-likeness (QED) is 0.648. The summed E-state index contributed by atoms with van der Waals surface area (Å²) in [6.07, 6.45) is 3.80. The number of nitrogens with one attached hydrogen (secondary N) is 2. The van der Waals surface area contributed by atoms with E-state index in [2.05, 4.69) is 22.4 Å². The van der Waals surface area contributed by atoms with E-state index in [1.165, 1.54) is 5.56 Å². The number of aromatic amines is 1. The molecule has 0 aliphatic heterocycles. The van der Waals surface area contributed by atoms with Gasteiger partial charge in [-0.3, -0.25) is 5.10 Å². The minimum Gasteiger partial charge on any atom is -0.319 e. The van der Waals surface area contributed by atoms with E-state index >= 15 is 0 Å². The van der Waals surface area contributed by atoms with Crippen LogP contribution in [0, 0.1) is 0 Å². The van der Waals surface area contributed by atoms with Gasteiger partial charge in [-0.2, -0.15) is 5.10 Å². The third-order valence-corrected chi connectivity index (χ3v) is 1.60. The molecule has 1 atom stereocenters. The Labute approximate surface area is 60.8 Å². The molecule has 1 aromatic rings. The molecule has 0 spiro atoms. The maximum atomic E-state index is 3.87. The van der Waals surface area contributed by atoms with E-state index < -0.39 is 0 Å². The zero-order valence-electron chi connectivity index (χ0n) is 6.39. The minimum absolute atomic E-state index is 0.545. The van der Waals surface area contributed by atoms with Crippen molar-refractivity contribution in [1.29, 1.82) is 0 Å². The highest BCUT2D eigenvalue weighted by molar-refractivity contribution is 5.09. The van der Waals surface area contributed by atoms with Gasteiger partial charge in [0.2, 0.25) is 0 Å². The van der Waals surface area contributed by atoms with E-state index in [-0.39, 0.29) is 0 Å². The molecular formula is C7H13N3. The van der Waals surface area contributed by atoms with Crippen molar-refractivity contribution >= 4 is 0 Å². The molecule has 56 valence electrons. The molecule has 0 radical (unpaired) electrons. The van der Waals surface area contributed by atoms with E-state index in [0.29, 0.717) is 5.92 Å². The van der Waals surface area contributed by atoms with Crippen LogP contribution < -0.4 is 5.32 Å². The molecule has 0 bridgehead atoms. The van der Waals surface area contributed by atoms with Gasteiger partial charge < -0.3 is 5.32 Å². The molecular weight excluding hydrogens is 126 g/mol. The summed E-state index contributed by atoms with van der Waals surface area (Å²) in [5.74, 6) is 0.545. The first kappa shape index (κ1) is 7.28. The van der Waals surface area contributed by atoms with Crippen molar-refractivity contribution in [2.24, 2.45) is 0 Å². The van der Waals surface area contributed by atoms with Gasteiger partial charge in [0, 0.05) is 12.7 Å². The van der Waals surface area contributed by atoms with E-state index in [9.17, 15) is 0 Å². The Morgan fingerprint density at radius 1 is 1.80 bits per heavy atom. The highest BCUT2D eigenvalue weighted by atomic mass is 15.1. The highest BCUT2D eigenvalue weighted by Gasteiger charge is 2.03. The Hall–Kier alpha value is -0.830. The molecule has 2 N–H and O–H groups in total. The molecule has 0 amide bonds. The van der Waals surface area contributed by atoms with Crippen molar-refractivity contribution < 1.29 is 0 Å². The molecule has 0 aliphatic rings. The smallest absolute Gasteiger partial charge is 0.0522 e. The van der Waals surface area contributed by atoms with Gasteiger partial charge in [0.1, 0.15) is 0 Å². The summed E-state index contributed by atoms with van der Waals surface area (Å²) in [7, 11) is 1.95. The van der Waals surface area contributed by atoms with Gasteiger partial charge >= 0.3 is 0 Å². The van der Waals surface area contributed by atoms with Crippen LogP contribution in [-0.4, -0.2) is 23.8 Å². The molecule has 10 heavy (non-hydrogen) atoms. The van der Waals surface area contributed by atoms with Crippen molar-refractivity contribution in [2.45, 2.75) is 12.8 Å². The van der Waals surface area contributed by atoms with Gasteiger partial charge in [-0.1, -0.05) is 6.92 Å². The van der Waals surface area contributed by atoms with Crippen molar-refractivity contribution in [1.82, 2.24) is 15.5 Å². The van der Waals surface area contributed by atoms with E-state index in [1.807, 2.05) is 19.4 Å². The first-order valence-corrected chi connectivity index (χ1v) is 3.48. The summed E-state index contributed by atoms with van der Waals surface area (Å²) < 4.78 is 0. The van der Waals surface area contributed by atoms with E-state index in [1.54, 1.807) is 0 Å². The summed E-state index contributed by atoms with van der Waals surface area (Å²) in [6, 6.07) is 0. The summed E-state index contributed by atoms with van der Waals surface area (Å²) in [5.41, 5.74) is 1.26. The van der Waals surface area contributed by atoms with Crippen molar-refractivity contribution in [3.63, 3.8) is 0 Å². The van der Waals surface area contributed by atoms with Crippen molar-refractivity contribution in [3.8, 4) is 0 Å². The van der Waals surface area contributed by atoms with Crippen LogP contribution in [0.2, 0.25) is 0 Å². The Morgan fingerprint density at radius 3 is 3.10 bits per heavy atom. The zero-order valence-corrected chi connectivity index (χ0v) is 6.39. The lowest BCUT2D eigenvalue weighted by Crippen LogP contribution is -2.14. The zero-order chi connectivity index (χ0) is 7.40. The Balaban J connectivity index is 2.50. The lowest BCUT2D eigenvalue weighted by atomic mass is 10.1. The van der Waals surface area contributed by atoms with Crippen LogP contribution in [0.4, 0.5) is 0 Å². The number of hydrogen-bond donors (Lipinski definition) is 2. The molecule has 3 nitrogen and oxygen atoms in total. The first-order valence-electron chi connectivity index (χ1n) is 3.48. The van der Waals surface area contributed by atoms with Crippen LogP contribution >= 0.6 is 0 Å². The lowest BCUT2D eigenvalue weighted by Gasteiger charge is -2.05. The summed E-state index contributed by atoms with van der Waals surface area (Å²) in [4.78, 5) is 0. The number of hydrogen-bond acceptors (Lipinski definition) is 2. The summed E-state index contributed by atoms with van der Waals surface area (Å²) in [5, 5.41) is 9.78. The van der Waals surface area contributed by atoms with E-state index in [0.717, 1.165) is 6.54 Å². The van der Waals surface area contributed by atoms with Crippen LogP contribution in [0.15, 0.2) is 12.4 Å². The van der Waals surface area contributed by atoms with E-state index in [4.69, 9.17) is 0 Å². The van der Waals surface area contributed by atoms with Gasteiger partial charge in [-0.15, -0.1) is 0 Å². The topological polar surface area (TPSA) is 40.7 Å². The second kappa shape index (κ2) is 3.37. The molecule has 0 aromatic carbocycles. The third kappa shape index (κ3) is 1.57. The van der Waals surface area contributed by atoms with Crippen LogP contribution in [-0.2, 0) is 0 Å². The normalized spacial score (nSPS) is 13.4. The first-order chi connectivity index (χ1) is 4.84.